The first-order valence-corrected chi connectivity index (χ1v) is 11.2. The molecule has 1 aliphatic carbocycles. The van der Waals surface area contributed by atoms with E-state index in [1.807, 2.05) is 23.1 Å². The van der Waals surface area contributed by atoms with Gasteiger partial charge in [0.2, 0.25) is 0 Å². The van der Waals surface area contributed by atoms with E-state index in [1.165, 1.54) is 23.5 Å². The van der Waals surface area contributed by atoms with Crippen LogP contribution >= 0.6 is 0 Å². The first kappa shape index (κ1) is 20.1. The van der Waals surface area contributed by atoms with E-state index in [4.69, 9.17) is 0 Å². The van der Waals surface area contributed by atoms with Gasteiger partial charge in [0.25, 0.3) is 15.9 Å². The molecule has 3 aromatic rings. The highest BCUT2D eigenvalue weighted by Gasteiger charge is 2.33. The number of anilines is 1. The van der Waals surface area contributed by atoms with E-state index >= 15 is 0 Å². The van der Waals surface area contributed by atoms with E-state index in [0.717, 1.165) is 18.4 Å². The average molecular weight is 422 g/mol. The Labute approximate surface area is 176 Å². The summed E-state index contributed by atoms with van der Waals surface area (Å²) in [5, 5.41) is 0. The maximum Gasteiger partial charge on any atom is 0.264 e. The monoisotopic (exact) mass is 421 g/mol. The minimum absolute atomic E-state index is 0.0956. The van der Waals surface area contributed by atoms with Gasteiger partial charge in [-0.3, -0.25) is 14.1 Å². The molecule has 1 aliphatic rings. The lowest BCUT2D eigenvalue weighted by atomic mass is 10.1. The van der Waals surface area contributed by atoms with Crippen LogP contribution < -0.4 is 4.31 Å². The zero-order chi connectivity index (χ0) is 21.1. The Balaban J connectivity index is 1.54. The molecule has 1 saturated carbocycles. The van der Waals surface area contributed by atoms with Crippen LogP contribution in [0.3, 0.4) is 0 Å². The van der Waals surface area contributed by atoms with Crippen molar-refractivity contribution in [2.75, 3.05) is 11.4 Å². The van der Waals surface area contributed by atoms with Gasteiger partial charge in [0.1, 0.15) is 0 Å². The maximum absolute atomic E-state index is 13.1. The van der Waals surface area contributed by atoms with Crippen LogP contribution in [0.5, 0.6) is 0 Å². The van der Waals surface area contributed by atoms with Gasteiger partial charge in [0, 0.05) is 37.6 Å². The van der Waals surface area contributed by atoms with Crippen LogP contribution in [-0.4, -0.2) is 37.3 Å². The number of hydrogen-bond donors (Lipinski definition) is 0. The number of carbonyl (C=O) groups excluding carboxylic acids is 1. The first-order valence-electron chi connectivity index (χ1n) is 9.81. The standard InChI is InChI=1S/C23H23N3O3S/c1-25(20-7-3-2-4-8-20)30(28,29)22-13-9-19(10-14-22)23(27)26(21-11-12-21)17-18-6-5-15-24-16-18/h2-10,13-16,21H,11-12,17H2,1H3. The van der Waals surface area contributed by atoms with Crippen LogP contribution in [0.2, 0.25) is 0 Å². The van der Waals surface area contributed by atoms with Crippen molar-refractivity contribution < 1.29 is 13.2 Å². The summed E-state index contributed by atoms with van der Waals surface area (Å²) in [6, 6.07) is 19.1. The van der Waals surface area contributed by atoms with Gasteiger partial charge < -0.3 is 4.90 Å². The third-order valence-corrected chi connectivity index (χ3v) is 7.00. The van der Waals surface area contributed by atoms with Crippen molar-refractivity contribution in [3.05, 3.63) is 90.3 Å². The van der Waals surface area contributed by atoms with Crippen molar-refractivity contribution in [2.45, 2.75) is 30.3 Å². The smallest absolute Gasteiger partial charge is 0.264 e. The number of hydrogen-bond acceptors (Lipinski definition) is 4. The molecule has 0 saturated heterocycles. The second-order valence-corrected chi connectivity index (χ2v) is 9.33. The normalized spacial score (nSPS) is 13.6. The highest BCUT2D eigenvalue weighted by atomic mass is 32.2. The van der Waals surface area contributed by atoms with Crippen LogP contribution in [0.25, 0.3) is 0 Å². The lowest BCUT2D eigenvalue weighted by molar-refractivity contribution is 0.0729. The van der Waals surface area contributed by atoms with Crippen molar-refractivity contribution in [2.24, 2.45) is 0 Å². The van der Waals surface area contributed by atoms with Crippen molar-refractivity contribution in [1.29, 1.82) is 0 Å². The molecule has 0 radical (unpaired) electrons. The van der Waals surface area contributed by atoms with Crippen LogP contribution in [-0.2, 0) is 16.6 Å². The molecular weight excluding hydrogens is 398 g/mol. The van der Waals surface area contributed by atoms with Crippen molar-refractivity contribution in [3.63, 3.8) is 0 Å². The quantitative estimate of drug-likeness (QED) is 0.583. The molecule has 1 aromatic heterocycles. The van der Waals surface area contributed by atoms with Crippen LogP contribution in [0.15, 0.2) is 84.0 Å². The zero-order valence-corrected chi connectivity index (χ0v) is 17.5. The summed E-state index contributed by atoms with van der Waals surface area (Å²) >= 11 is 0. The Bertz CT molecular complexity index is 1110. The number of carbonyl (C=O) groups is 1. The summed E-state index contributed by atoms with van der Waals surface area (Å²) in [7, 11) is -2.19. The molecule has 1 amide bonds. The fraction of sp³-hybridized carbons (Fsp3) is 0.217. The molecule has 4 rings (SSSR count). The summed E-state index contributed by atoms with van der Waals surface area (Å²) in [5.41, 5.74) is 2.03. The Morgan fingerprint density at radius 2 is 1.70 bits per heavy atom. The molecule has 0 atom stereocenters. The lowest BCUT2D eigenvalue weighted by Gasteiger charge is -2.23. The van der Waals surface area contributed by atoms with Gasteiger partial charge in [-0.25, -0.2) is 8.42 Å². The van der Waals surface area contributed by atoms with Crippen LogP contribution in [0, 0.1) is 0 Å². The number of benzene rings is 2. The van der Waals surface area contributed by atoms with Gasteiger partial charge >= 0.3 is 0 Å². The van der Waals surface area contributed by atoms with E-state index in [0.29, 0.717) is 17.8 Å². The average Bonchev–Trinajstić information content (AvgIpc) is 3.63. The Kier molecular flexibility index (Phi) is 5.55. The summed E-state index contributed by atoms with van der Waals surface area (Å²) in [4.78, 5) is 19.2. The highest BCUT2D eigenvalue weighted by molar-refractivity contribution is 7.92. The molecule has 2 aromatic carbocycles. The second kappa shape index (κ2) is 8.28. The molecule has 7 heteroatoms. The van der Waals surface area contributed by atoms with E-state index in [9.17, 15) is 13.2 Å². The van der Waals surface area contributed by atoms with E-state index < -0.39 is 10.0 Å². The number of amides is 1. The number of rotatable bonds is 7. The fourth-order valence-corrected chi connectivity index (χ4v) is 4.51. The lowest BCUT2D eigenvalue weighted by Crippen LogP contribution is -2.32. The third kappa shape index (κ3) is 4.21. The van der Waals surface area contributed by atoms with E-state index in [1.54, 1.807) is 48.8 Å². The molecule has 0 N–H and O–H groups in total. The first-order chi connectivity index (χ1) is 14.5. The van der Waals surface area contributed by atoms with Crippen LogP contribution in [0.4, 0.5) is 5.69 Å². The Morgan fingerprint density at radius 1 is 1.00 bits per heavy atom. The van der Waals surface area contributed by atoms with E-state index in [2.05, 4.69) is 4.98 Å². The molecule has 6 nitrogen and oxygen atoms in total. The minimum atomic E-state index is -3.71. The van der Waals surface area contributed by atoms with Gasteiger partial charge in [-0.15, -0.1) is 0 Å². The predicted octanol–water partition coefficient (Wildman–Crippen LogP) is 3.71. The maximum atomic E-state index is 13.1. The zero-order valence-electron chi connectivity index (χ0n) is 16.7. The molecule has 1 heterocycles. The van der Waals surface area contributed by atoms with Gasteiger partial charge in [-0.2, -0.15) is 0 Å². The molecule has 0 unspecified atom stereocenters. The topological polar surface area (TPSA) is 70.6 Å². The molecule has 1 fully saturated rings. The van der Waals surface area contributed by atoms with E-state index in [-0.39, 0.29) is 16.8 Å². The van der Waals surface area contributed by atoms with Crippen molar-refractivity contribution >= 4 is 21.6 Å². The number of pyridine rings is 1. The minimum Gasteiger partial charge on any atom is -0.331 e. The van der Waals surface area contributed by atoms with Crippen LogP contribution in [0.1, 0.15) is 28.8 Å². The fourth-order valence-electron chi connectivity index (χ4n) is 3.31. The summed E-state index contributed by atoms with van der Waals surface area (Å²) < 4.78 is 27.1. The summed E-state index contributed by atoms with van der Waals surface area (Å²) in [6.07, 6.45) is 5.44. The van der Waals surface area contributed by atoms with Gasteiger partial charge in [-0.1, -0.05) is 24.3 Å². The molecule has 0 bridgehead atoms. The second-order valence-electron chi connectivity index (χ2n) is 7.36. The molecular formula is C23H23N3O3S. The summed E-state index contributed by atoms with van der Waals surface area (Å²) in [5.74, 6) is -0.0956. The number of para-hydroxylation sites is 1. The largest absolute Gasteiger partial charge is 0.331 e. The third-order valence-electron chi connectivity index (χ3n) is 5.20. The highest BCUT2D eigenvalue weighted by Crippen LogP contribution is 2.30. The Morgan fingerprint density at radius 3 is 2.30 bits per heavy atom. The molecule has 0 spiro atoms. The molecule has 154 valence electrons. The summed E-state index contributed by atoms with van der Waals surface area (Å²) in [6.45, 7) is 0.494. The number of nitrogens with zero attached hydrogens (tertiary/aromatic N) is 3. The van der Waals surface area contributed by atoms with Gasteiger partial charge in [0.05, 0.1) is 10.6 Å². The molecule has 30 heavy (non-hydrogen) atoms. The van der Waals surface area contributed by atoms with Gasteiger partial charge in [0.15, 0.2) is 0 Å². The molecule has 0 aliphatic heterocycles. The predicted molar refractivity (Wildman–Crippen MR) is 116 cm³/mol. The number of sulfonamides is 1. The Hall–Kier alpha value is -3.19. The van der Waals surface area contributed by atoms with Crippen molar-refractivity contribution in [3.8, 4) is 0 Å². The SMILES string of the molecule is CN(c1ccccc1)S(=O)(=O)c1ccc(C(=O)N(Cc2cccnc2)C2CC2)cc1. The van der Waals surface area contributed by atoms with Gasteiger partial charge in [-0.05, 0) is 60.9 Å². The number of aromatic nitrogens is 1. The van der Waals surface area contributed by atoms with Crippen molar-refractivity contribution in [1.82, 2.24) is 9.88 Å².